The molecule has 0 radical (unpaired) electrons. The number of hydrogen-bond donors (Lipinski definition) is 1. The van der Waals surface area contributed by atoms with Gasteiger partial charge in [-0.15, -0.1) is 0 Å². The molecule has 0 aromatic heterocycles. The summed E-state index contributed by atoms with van der Waals surface area (Å²) in [5, 5.41) is 2.68. The summed E-state index contributed by atoms with van der Waals surface area (Å²) in [6.45, 7) is 5.57. The van der Waals surface area contributed by atoms with Crippen molar-refractivity contribution in [2.24, 2.45) is 0 Å². The largest absolute Gasteiger partial charge is 0.347 e. The molecule has 1 N–H and O–H groups in total. The van der Waals surface area contributed by atoms with Gasteiger partial charge in [0.25, 0.3) is 0 Å². The molecule has 0 aromatic carbocycles. The number of rotatable bonds is 6. The lowest BCUT2D eigenvalue weighted by atomic mass is 10.1. The van der Waals surface area contributed by atoms with Crippen molar-refractivity contribution in [1.29, 1.82) is 0 Å². The molecule has 1 atom stereocenters. The second-order valence-electron chi connectivity index (χ2n) is 3.21. The fourth-order valence-electron chi connectivity index (χ4n) is 1.04. The van der Waals surface area contributed by atoms with Gasteiger partial charge >= 0.3 is 0 Å². The van der Waals surface area contributed by atoms with Gasteiger partial charge in [0.15, 0.2) is 5.78 Å². The summed E-state index contributed by atoms with van der Waals surface area (Å²) in [6.07, 6.45) is 2.90. The van der Waals surface area contributed by atoms with Gasteiger partial charge in [0.05, 0.1) is 6.04 Å². The van der Waals surface area contributed by atoms with Gasteiger partial charge in [-0.3, -0.25) is 9.59 Å². The van der Waals surface area contributed by atoms with Crippen LogP contribution in [-0.2, 0) is 9.59 Å². The first-order chi connectivity index (χ1) is 6.11. The summed E-state index contributed by atoms with van der Waals surface area (Å²) < 4.78 is 0. The average molecular weight is 185 g/mol. The van der Waals surface area contributed by atoms with Gasteiger partial charge in [-0.1, -0.05) is 20.3 Å². The predicted molar refractivity (Wildman–Crippen MR) is 52.4 cm³/mol. The topological polar surface area (TPSA) is 46.2 Å². The molecule has 0 rings (SSSR count). The molecule has 0 heterocycles. The van der Waals surface area contributed by atoms with Crippen LogP contribution in [-0.4, -0.2) is 17.7 Å². The van der Waals surface area contributed by atoms with Crippen LogP contribution in [0.25, 0.3) is 0 Å². The normalized spacial score (nSPS) is 12.2. The number of amides is 1. The van der Waals surface area contributed by atoms with Gasteiger partial charge in [-0.2, -0.15) is 0 Å². The van der Waals surface area contributed by atoms with Crippen LogP contribution in [0.2, 0.25) is 0 Å². The monoisotopic (exact) mass is 185 g/mol. The highest BCUT2D eigenvalue weighted by molar-refractivity contribution is 5.88. The third-order valence-electron chi connectivity index (χ3n) is 1.97. The minimum absolute atomic E-state index is 0.0175. The van der Waals surface area contributed by atoms with E-state index in [1.807, 2.05) is 6.92 Å². The molecular weight excluding hydrogens is 166 g/mol. The molecule has 0 bridgehead atoms. The Bertz CT molecular complexity index is 178. The third kappa shape index (κ3) is 5.39. The Balaban J connectivity index is 3.71. The third-order valence-corrected chi connectivity index (χ3v) is 1.97. The highest BCUT2D eigenvalue weighted by Gasteiger charge is 2.12. The van der Waals surface area contributed by atoms with E-state index in [-0.39, 0.29) is 17.7 Å². The molecule has 3 nitrogen and oxygen atoms in total. The highest BCUT2D eigenvalue weighted by Crippen LogP contribution is 1.96. The van der Waals surface area contributed by atoms with E-state index in [0.717, 1.165) is 12.8 Å². The second kappa shape index (κ2) is 6.63. The summed E-state index contributed by atoms with van der Waals surface area (Å²) in [6, 6.07) is -0.325. The number of carbonyl (C=O) groups excluding carboxylic acids is 2. The Hall–Kier alpha value is -0.860. The maximum atomic E-state index is 11.2. The van der Waals surface area contributed by atoms with Crippen molar-refractivity contribution in [3.8, 4) is 0 Å². The molecule has 0 spiro atoms. The number of carbonyl (C=O) groups is 2. The zero-order valence-electron chi connectivity index (χ0n) is 8.72. The Morgan fingerprint density at radius 1 is 1.31 bits per heavy atom. The van der Waals surface area contributed by atoms with Crippen molar-refractivity contribution < 1.29 is 9.59 Å². The molecule has 76 valence electrons. The smallest absolute Gasteiger partial charge is 0.220 e. The first-order valence-corrected chi connectivity index (χ1v) is 4.93. The summed E-state index contributed by atoms with van der Waals surface area (Å²) in [5.74, 6) is 0.0704. The molecule has 0 saturated heterocycles. The minimum atomic E-state index is -0.325. The SMILES string of the molecule is CCCCC(=O)NC(C)C(=O)CC. The predicted octanol–water partition coefficient (Wildman–Crippen LogP) is 1.66. The zero-order chi connectivity index (χ0) is 10.3. The van der Waals surface area contributed by atoms with E-state index in [0.29, 0.717) is 12.8 Å². The van der Waals surface area contributed by atoms with Gasteiger partial charge in [0.1, 0.15) is 0 Å². The van der Waals surface area contributed by atoms with Crippen LogP contribution >= 0.6 is 0 Å². The molecule has 1 amide bonds. The van der Waals surface area contributed by atoms with Gasteiger partial charge in [-0.25, -0.2) is 0 Å². The van der Waals surface area contributed by atoms with Crippen molar-refractivity contribution in [3.05, 3.63) is 0 Å². The van der Waals surface area contributed by atoms with Crippen LogP contribution in [0, 0.1) is 0 Å². The molecule has 0 saturated carbocycles. The quantitative estimate of drug-likeness (QED) is 0.684. The molecule has 0 aliphatic rings. The summed E-state index contributed by atoms with van der Waals surface area (Å²) in [4.78, 5) is 22.3. The molecule has 0 aliphatic carbocycles. The van der Waals surface area contributed by atoms with Gasteiger partial charge in [0.2, 0.25) is 5.91 Å². The maximum absolute atomic E-state index is 11.2. The number of nitrogens with one attached hydrogen (secondary N) is 1. The molecule has 0 aromatic rings. The maximum Gasteiger partial charge on any atom is 0.220 e. The van der Waals surface area contributed by atoms with E-state index in [1.54, 1.807) is 13.8 Å². The standard InChI is InChI=1S/C10H19NO2/c1-4-6-7-10(13)11-8(3)9(12)5-2/h8H,4-7H2,1-3H3,(H,11,13). The van der Waals surface area contributed by atoms with Crippen LogP contribution in [0.5, 0.6) is 0 Å². The fourth-order valence-corrected chi connectivity index (χ4v) is 1.04. The van der Waals surface area contributed by atoms with E-state index in [1.165, 1.54) is 0 Å². The van der Waals surface area contributed by atoms with Crippen molar-refractivity contribution in [1.82, 2.24) is 5.32 Å². The van der Waals surface area contributed by atoms with E-state index in [2.05, 4.69) is 5.32 Å². The van der Waals surface area contributed by atoms with Crippen LogP contribution in [0.4, 0.5) is 0 Å². The lowest BCUT2D eigenvalue weighted by molar-refractivity contribution is -0.127. The Labute approximate surface area is 79.9 Å². The first kappa shape index (κ1) is 12.1. The Kier molecular flexibility index (Phi) is 6.20. The molecule has 0 fully saturated rings. The molecule has 3 heteroatoms. The number of hydrogen-bond acceptors (Lipinski definition) is 2. The Morgan fingerprint density at radius 3 is 2.38 bits per heavy atom. The second-order valence-corrected chi connectivity index (χ2v) is 3.21. The molecule has 13 heavy (non-hydrogen) atoms. The van der Waals surface area contributed by atoms with Crippen molar-refractivity contribution in [2.45, 2.75) is 52.5 Å². The highest BCUT2D eigenvalue weighted by atomic mass is 16.2. The van der Waals surface area contributed by atoms with E-state index in [9.17, 15) is 9.59 Å². The van der Waals surface area contributed by atoms with Crippen molar-refractivity contribution in [2.75, 3.05) is 0 Å². The average Bonchev–Trinajstić information content (AvgIpc) is 2.13. The zero-order valence-corrected chi connectivity index (χ0v) is 8.72. The fraction of sp³-hybridized carbons (Fsp3) is 0.800. The van der Waals surface area contributed by atoms with E-state index < -0.39 is 0 Å². The van der Waals surface area contributed by atoms with Crippen molar-refractivity contribution >= 4 is 11.7 Å². The number of ketones is 1. The lowest BCUT2D eigenvalue weighted by Crippen LogP contribution is -2.38. The summed E-state index contributed by atoms with van der Waals surface area (Å²) in [5.41, 5.74) is 0. The van der Waals surface area contributed by atoms with Gasteiger partial charge < -0.3 is 5.32 Å². The van der Waals surface area contributed by atoms with Crippen LogP contribution < -0.4 is 5.32 Å². The van der Waals surface area contributed by atoms with Crippen LogP contribution in [0.15, 0.2) is 0 Å². The minimum Gasteiger partial charge on any atom is -0.347 e. The van der Waals surface area contributed by atoms with E-state index in [4.69, 9.17) is 0 Å². The number of Topliss-reactive ketones (excluding diaryl/α,β-unsaturated/α-hetero) is 1. The number of unbranched alkanes of at least 4 members (excludes halogenated alkanes) is 1. The van der Waals surface area contributed by atoms with Crippen molar-refractivity contribution in [3.63, 3.8) is 0 Å². The first-order valence-electron chi connectivity index (χ1n) is 4.93. The molecule has 0 aliphatic heterocycles. The van der Waals surface area contributed by atoms with Gasteiger partial charge in [-0.05, 0) is 13.3 Å². The summed E-state index contributed by atoms with van der Waals surface area (Å²) in [7, 11) is 0. The lowest BCUT2D eigenvalue weighted by Gasteiger charge is -2.11. The van der Waals surface area contributed by atoms with E-state index >= 15 is 0 Å². The van der Waals surface area contributed by atoms with Crippen LogP contribution in [0.1, 0.15) is 46.5 Å². The summed E-state index contributed by atoms with van der Waals surface area (Å²) >= 11 is 0. The van der Waals surface area contributed by atoms with Crippen LogP contribution in [0.3, 0.4) is 0 Å². The molecular formula is C10H19NO2. The Morgan fingerprint density at radius 2 is 1.92 bits per heavy atom. The molecule has 1 unspecified atom stereocenters. The van der Waals surface area contributed by atoms with Gasteiger partial charge in [0, 0.05) is 12.8 Å².